The fourth-order valence-corrected chi connectivity index (χ4v) is 1.87. The summed E-state index contributed by atoms with van der Waals surface area (Å²) in [4.78, 5) is 13.9. The van der Waals surface area contributed by atoms with E-state index in [1.807, 2.05) is 13.8 Å². The van der Waals surface area contributed by atoms with Gasteiger partial charge in [0.25, 0.3) is 0 Å². The van der Waals surface area contributed by atoms with E-state index >= 15 is 0 Å². The number of hydrogen-bond donors (Lipinski definition) is 0. The lowest BCUT2D eigenvalue weighted by atomic mass is 10.1. The van der Waals surface area contributed by atoms with Gasteiger partial charge < -0.3 is 14.4 Å². The molecule has 0 aliphatic carbocycles. The lowest BCUT2D eigenvalue weighted by Gasteiger charge is -2.31. The van der Waals surface area contributed by atoms with Crippen molar-refractivity contribution in [3.05, 3.63) is 11.5 Å². The number of carbonyl (C=O) groups is 1. The Balaban J connectivity index is 2.90. The minimum Gasteiger partial charge on any atom is -0.479 e. The second kappa shape index (κ2) is 6.40. The van der Waals surface area contributed by atoms with Gasteiger partial charge in [-0.2, -0.15) is 0 Å². The first kappa shape index (κ1) is 12.9. The summed E-state index contributed by atoms with van der Waals surface area (Å²) in [6.07, 6.45) is 1.74. The van der Waals surface area contributed by atoms with Gasteiger partial charge in [0.15, 0.2) is 5.88 Å². The van der Waals surface area contributed by atoms with Gasteiger partial charge in [0.1, 0.15) is 0 Å². The maximum Gasteiger partial charge on any atom is 0.339 e. The topological polar surface area (TPSA) is 38.8 Å². The Kier molecular flexibility index (Phi) is 5.15. The predicted octanol–water partition coefficient (Wildman–Crippen LogP) is 1.91. The zero-order valence-corrected chi connectivity index (χ0v) is 10.4. The molecule has 0 amide bonds. The van der Waals surface area contributed by atoms with Gasteiger partial charge in [-0.05, 0) is 33.6 Å². The minimum absolute atomic E-state index is 0.232. The molecule has 0 fully saturated rings. The third-order valence-corrected chi connectivity index (χ3v) is 2.58. The van der Waals surface area contributed by atoms with Gasteiger partial charge in [-0.3, -0.25) is 0 Å². The predicted molar refractivity (Wildman–Crippen MR) is 61.8 cm³/mol. The largest absolute Gasteiger partial charge is 0.479 e. The van der Waals surface area contributed by atoms with Crippen LogP contribution in [0.1, 0.15) is 33.6 Å². The summed E-state index contributed by atoms with van der Waals surface area (Å²) in [6.45, 7) is 8.61. The summed E-state index contributed by atoms with van der Waals surface area (Å²) in [5.41, 5.74) is 0.691. The highest BCUT2D eigenvalue weighted by atomic mass is 16.5. The van der Waals surface area contributed by atoms with Crippen LogP contribution < -0.4 is 0 Å². The van der Waals surface area contributed by atoms with E-state index in [9.17, 15) is 4.79 Å². The molecule has 0 aromatic rings. The van der Waals surface area contributed by atoms with Gasteiger partial charge in [0, 0.05) is 13.1 Å². The number of hydrogen-bond acceptors (Lipinski definition) is 4. The molecule has 0 aromatic carbocycles. The molecule has 1 aliphatic rings. The van der Waals surface area contributed by atoms with E-state index in [0.29, 0.717) is 18.8 Å². The number of carbonyl (C=O) groups excluding carboxylic acids is 1. The number of rotatable bonds is 5. The van der Waals surface area contributed by atoms with Crippen molar-refractivity contribution in [1.29, 1.82) is 0 Å². The highest BCUT2D eigenvalue weighted by Crippen LogP contribution is 2.24. The average molecular weight is 227 g/mol. The molecule has 0 atom stereocenters. The molecule has 0 aromatic heterocycles. The number of ether oxygens (including phenoxy) is 2. The minimum atomic E-state index is -0.232. The number of esters is 1. The molecule has 0 N–H and O–H groups in total. The third-order valence-electron chi connectivity index (χ3n) is 2.58. The highest BCUT2D eigenvalue weighted by molar-refractivity contribution is 5.89. The second-order valence-corrected chi connectivity index (χ2v) is 3.62. The number of nitrogens with zero attached hydrogens (tertiary/aromatic N) is 1. The van der Waals surface area contributed by atoms with Gasteiger partial charge in [0.2, 0.25) is 0 Å². The van der Waals surface area contributed by atoms with E-state index < -0.39 is 0 Å². The summed E-state index contributed by atoms with van der Waals surface area (Å²) in [5, 5.41) is 0. The van der Waals surface area contributed by atoms with E-state index in [0.717, 1.165) is 31.8 Å². The summed E-state index contributed by atoms with van der Waals surface area (Å²) >= 11 is 0. The van der Waals surface area contributed by atoms with E-state index in [1.165, 1.54) is 0 Å². The Bertz CT molecular complexity index is 273. The van der Waals surface area contributed by atoms with Crippen LogP contribution in [0.3, 0.4) is 0 Å². The van der Waals surface area contributed by atoms with Crippen molar-refractivity contribution < 1.29 is 14.3 Å². The quantitative estimate of drug-likeness (QED) is 0.673. The average Bonchev–Trinajstić information content (AvgIpc) is 2.30. The zero-order chi connectivity index (χ0) is 12.0. The van der Waals surface area contributed by atoms with Gasteiger partial charge in [-0.1, -0.05) is 0 Å². The smallest absolute Gasteiger partial charge is 0.339 e. The van der Waals surface area contributed by atoms with Crippen LogP contribution in [0.4, 0.5) is 0 Å². The van der Waals surface area contributed by atoms with Gasteiger partial charge in [-0.15, -0.1) is 0 Å². The third kappa shape index (κ3) is 2.90. The van der Waals surface area contributed by atoms with Crippen LogP contribution in [0.15, 0.2) is 11.5 Å². The molecule has 92 valence electrons. The van der Waals surface area contributed by atoms with Crippen LogP contribution in [-0.2, 0) is 14.3 Å². The molecule has 0 radical (unpaired) electrons. The van der Waals surface area contributed by atoms with Crippen LogP contribution in [0, 0.1) is 0 Å². The van der Waals surface area contributed by atoms with Crippen molar-refractivity contribution >= 4 is 5.97 Å². The molecular formula is C12H21NO3. The van der Waals surface area contributed by atoms with E-state index in [-0.39, 0.29) is 5.97 Å². The van der Waals surface area contributed by atoms with Crippen molar-refractivity contribution in [3.8, 4) is 0 Å². The Morgan fingerprint density at radius 1 is 1.31 bits per heavy atom. The first-order chi connectivity index (χ1) is 7.74. The summed E-state index contributed by atoms with van der Waals surface area (Å²) in [6, 6.07) is 0. The molecule has 0 bridgehead atoms. The van der Waals surface area contributed by atoms with Gasteiger partial charge >= 0.3 is 5.97 Å². The first-order valence-corrected chi connectivity index (χ1v) is 6.02. The van der Waals surface area contributed by atoms with Crippen LogP contribution in [0.25, 0.3) is 0 Å². The molecule has 0 unspecified atom stereocenters. The normalized spacial score (nSPS) is 16.3. The van der Waals surface area contributed by atoms with Crippen LogP contribution in [-0.4, -0.2) is 37.2 Å². The van der Waals surface area contributed by atoms with Crippen LogP contribution in [0.5, 0.6) is 0 Å². The summed E-state index contributed by atoms with van der Waals surface area (Å²) < 4.78 is 10.6. The SMILES string of the molecule is CCOC(=O)C1=C(OCC)N(CC)CCC1. The summed E-state index contributed by atoms with van der Waals surface area (Å²) in [7, 11) is 0. The van der Waals surface area contributed by atoms with E-state index in [2.05, 4.69) is 11.8 Å². The maximum absolute atomic E-state index is 11.8. The molecule has 1 aliphatic heterocycles. The van der Waals surface area contributed by atoms with Crippen molar-refractivity contribution in [1.82, 2.24) is 4.90 Å². The van der Waals surface area contributed by atoms with Gasteiger partial charge in [0.05, 0.1) is 18.8 Å². The van der Waals surface area contributed by atoms with Crippen molar-refractivity contribution in [3.63, 3.8) is 0 Å². The highest BCUT2D eigenvalue weighted by Gasteiger charge is 2.25. The van der Waals surface area contributed by atoms with E-state index in [4.69, 9.17) is 9.47 Å². The lowest BCUT2D eigenvalue weighted by molar-refractivity contribution is -0.139. The summed E-state index contributed by atoms with van der Waals surface area (Å²) in [5.74, 6) is 0.485. The molecule has 16 heavy (non-hydrogen) atoms. The van der Waals surface area contributed by atoms with E-state index in [1.54, 1.807) is 0 Å². The Labute approximate surface area is 97.2 Å². The molecule has 4 heteroatoms. The second-order valence-electron chi connectivity index (χ2n) is 3.62. The lowest BCUT2D eigenvalue weighted by Crippen LogP contribution is -2.32. The Morgan fingerprint density at radius 2 is 2.06 bits per heavy atom. The fourth-order valence-electron chi connectivity index (χ4n) is 1.87. The van der Waals surface area contributed by atoms with Gasteiger partial charge in [-0.25, -0.2) is 4.79 Å². The zero-order valence-electron chi connectivity index (χ0n) is 10.4. The Hall–Kier alpha value is -1.19. The maximum atomic E-state index is 11.8. The molecule has 0 saturated carbocycles. The standard InChI is InChI=1S/C12H21NO3/c1-4-13-9-7-8-10(11(13)15-5-2)12(14)16-6-3/h4-9H2,1-3H3. The molecule has 0 spiro atoms. The molecular weight excluding hydrogens is 206 g/mol. The fraction of sp³-hybridized carbons (Fsp3) is 0.750. The first-order valence-electron chi connectivity index (χ1n) is 6.02. The molecule has 1 rings (SSSR count). The molecule has 1 heterocycles. The molecule has 4 nitrogen and oxygen atoms in total. The van der Waals surface area contributed by atoms with Crippen molar-refractivity contribution in [2.75, 3.05) is 26.3 Å². The Morgan fingerprint density at radius 3 is 2.62 bits per heavy atom. The molecule has 0 saturated heterocycles. The van der Waals surface area contributed by atoms with Crippen molar-refractivity contribution in [2.45, 2.75) is 33.6 Å². The van der Waals surface area contributed by atoms with Crippen molar-refractivity contribution in [2.24, 2.45) is 0 Å². The van der Waals surface area contributed by atoms with Crippen LogP contribution >= 0.6 is 0 Å². The monoisotopic (exact) mass is 227 g/mol. The van der Waals surface area contributed by atoms with Crippen LogP contribution in [0.2, 0.25) is 0 Å².